The number of hydrogen-bond donors (Lipinski definition) is 1. The first-order chi connectivity index (χ1) is 5.93. The van der Waals surface area contributed by atoms with Gasteiger partial charge in [0.1, 0.15) is 0 Å². The predicted molar refractivity (Wildman–Crippen MR) is 41.6 cm³/mol. The lowest BCUT2D eigenvalue weighted by Crippen LogP contribution is -2.36. The van der Waals surface area contributed by atoms with Crippen LogP contribution in [0.2, 0.25) is 0 Å². The zero-order chi connectivity index (χ0) is 9.69. The van der Waals surface area contributed by atoms with E-state index < -0.39 is 24.2 Å². The number of carbonyl (C=O) groups is 1. The Bertz CT molecular complexity index is 240. The normalized spacial score (nSPS) is 34.5. The monoisotopic (exact) mass is 190 g/mol. The van der Waals surface area contributed by atoms with Crippen molar-refractivity contribution in [2.45, 2.75) is 38.0 Å². The lowest BCUT2D eigenvalue weighted by Gasteiger charge is -2.32. The van der Waals surface area contributed by atoms with Crippen LogP contribution in [0.4, 0.5) is 8.78 Å². The Hall–Kier alpha value is -0.670. The molecule has 2 fully saturated rings. The molecule has 0 aromatic carbocycles. The van der Waals surface area contributed by atoms with Crippen molar-refractivity contribution in [3.63, 3.8) is 0 Å². The highest BCUT2D eigenvalue weighted by atomic mass is 19.3. The molecule has 0 aromatic heterocycles. The minimum atomic E-state index is -2.75. The molecule has 2 saturated carbocycles. The summed E-state index contributed by atoms with van der Waals surface area (Å²) in [7, 11) is 0. The predicted octanol–water partition coefficient (Wildman–Crippen LogP) is 2.29. The first-order valence-electron chi connectivity index (χ1n) is 4.53. The number of alkyl halides is 2. The van der Waals surface area contributed by atoms with E-state index in [-0.39, 0.29) is 11.8 Å². The molecule has 0 heterocycles. The van der Waals surface area contributed by atoms with Crippen molar-refractivity contribution in [2.75, 3.05) is 0 Å². The summed E-state index contributed by atoms with van der Waals surface area (Å²) in [6.07, 6.45) is 1.46. The van der Waals surface area contributed by atoms with Gasteiger partial charge in [0, 0.05) is 12.8 Å². The van der Waals surface area contributed by atoms with Gasteiger partial charge in [0.05, 0.1) is 5.92 Å². The average Bonchev–Trinajstić information content (AvgIpc) is 2.64. The molecule has 74 valence electrons. The number of carboxylic acid groups (broad SMARTS) is 1. The lowest BCUT2D eigenvalue weighted by molar-refractivity contribution is -0.152. The van der Waals surface area contributed by atoms with Crippen LogP contribution in [0.1, 0.15) is 32.1 Å². The molecule has 0 saturated heterocycles. The lowest BCUT2D eigenvalue weighted by atomic mass is 9.77. The topological polar surface area (TPSA) is 37.3 Å². The largest absolute Gasteiger partial charge is 0.481 e. The van der Waals surface area contributed by atoms with E-state index in [1.807, 2.05) is 0 Å². The minimum absolute atomic E-state index is 0.0935. The molecule has 2 nitrogen and oxygen atoms in total. The number of carboxylic acids is 1. The summed E-state index contributed by atoms with van der Waals surface area (Å²) < 4.78 is 26.2. The van der Waals surface area contributed by atoms with Crippen molar-refractivity contribution < 1.29 is 18.7 Å². The summed E-state index contributed by atoms with van der Waals surface area (Å²) in [5.41, 5.74) is -0.315. The first-order valence-corrected chi connectivity index (χ1v) is 4.53. The van der Waals surface area contributed by atoms with E-state index in [1.165, 1.54) is 0 Å². The van der Waals surface area contributed by atoms with Crippen LogP contribution in [0.25, 0.3) is 0 Å². The molecule has 2 aliphatic rings. The summed E-state index contributed by atoms with van der Waals surface area (Å²) in [5.74, 6) is -4.64. The third-order valence-corrected chi connectivity index (χ3v) is 3.16. The molecule has 0 amide bonds. The average molecular weight is 190 g/mol. The number of halogens is 2. The van der Waals surface area contributed by atoms with Crippen molar-refractivity contribution in [3.8, 4) is 0 Å². The summed E-state index contributed by atoms with van der Waals surface area (Å²) >= 11 is 0. The highest BCUT2D eigenvalue weighted by Crippen LogP contribution is 2.61. The van der Waals surface area contributed by atoms with E-state index in [0.717, 1.165) is 12.8 Å². The Kier molecular flexibility index (Phi) is 1.66. The molecule has 0 aliphatic heterocycles. The van der Waals surface area contributed by atoms with Gasteiger partial charge in [-0.05, 0) is 24.7 Å². The van der Waals surface area contributed by atoms with E-state index >= 15 is 0 Å². The van der Waals surface area contributed by atoms with Crippen LogP contribution in [-0.2, 0) is 4.79 Å². The zero-order valence-corrected chi connectivity index (χ0v) is 7.22. The van der Waals surface area contributed by atoms with Crippen LogP contribution in [-0.4, -0.2) is 17.0 Å². The SMILES string of the molecule is O=C(O)C1CC(F)(F)CC2(CC2)C1. The molecular formula is C9H12F2O2. The van der Waals surface area contributed by atoms with Gasteiger partial charge in [-0.25, -0.2) is 8.78 Å². The Morgan fingerprint density at radius 1 is 1.31 bits per heavy atom. The van der Waals surface area contributed by atoms with Gasteiger partial charge in [0.2, 0.25) is 5.92 Å². The van der Waals surface area contributed by atoms with Crippen molar-refractivity contribution >= 4 is 5.97 Å². The van der Waals surface area contributed by atoms with E-state index in [1.54, 1.807) is 0 Å². The van der Waals surface area contributed by atoms with E-state index in [2.05, 4.69) is 0 Å². The molecule has 0 aromatic rings. The van der Waals surface area contributed by atoms with Gasteiger partial charge in [-0.15, -0.1) is 0 Å². The number of aliphatic carboxylic acids is 1. The molecule has 0 bridgehead atoms. The fourth-order valence-corrected chi connectivity index (χ4v) is 2.38. The second-order valence-corrected chi connectivity index (χ2v) is 4.48. The van der Waals surface area contributed by atoms with E-state index in [9.17, 15) is 13.6 Å². The fraction of sp³-hybridized carbons (Fsp3) is 0.889. The van der Waals surface area contributed by atoms with E-state index in [4.69, 9.17) is 5.11 Å². The van der Waals surface area contributed by atoms with Crippen LogP contribution < -0.4 is 0 Å². The molecule has 1 unspecified atom stereocenters. The Morgan fingerprint density at radius 3 is 2.38 bits per heavy atom. The molecule has 13 heavy (non-hydrogen) atoms. The maximum absolute atomic E-state index is 13.1. The van der Waals surface area contributed by atoms with Gasteiger partial charge in [0.15, 0.2) is 0 Å². The van der Waals surface area contributed by atoms with Crippen LogP contribution in [0.5, 0.6) is 0 Å². The third kappa shape index (κ3) is 1.67. The van der Waals surface area contributed by atoms with Gasteiger partial charge < -0.3 is 5.11 Å². The Balaban J connectivity index is 2.12. The number of rotatable bonds is 1. The van der Waals surface area contributed by atoms with Crippen LogP contribution >= 0.6 is 0 Å². The van der Waals surface area contributed by atoms with Crippen molar-refractivity contribution in [3.05, 3.63) is 0 Å². The zero-order valence-electron chi connectivity index (χ0n) is 7.22. The summed E-state index contributed by atoms with van der Waals surface area (Å²) in [5, 5.41) is 8.70. The van der Waals surface area contributed by atoms with Crippen molar-refractivity contribution in [2.24, 2.45) is 11.3 Å². The highest BCUT2D eigenvalue weighted by molar-refractivity contribution is 5.70. The summed E-state index contributed by atoms with van der Waals surface area (Å²) in [4.78, 5) is 10.6. The second kappa shape index (κ2) is 2.42. The molecular weight excluding hydrogens is 178 g/mol. The summed E-state index contributed by atoms with van der Waals surface area (Å²) in [6.45, 7) is 0. The molecule has 2 rings (SSSR count). The molecule has 0 radical (unpaired) electrons. The minimum Gasteiger partial charge on any atom is -0.481 e. The van der Waals surface area contributed by atoms with Crippen molar-refractivity contribution in [1.82, 2.24) is 0 Å². The second-order valence-electron chi connectivity index (χ2n) is 4.48. The molecule has 1 N–H and O–H groups in total. The van der Waals surface area contributed by atoms with Gasteiger partial charge >= 0.3 is 5.97 Å². The van der Waals surface area contributed by atoms with Crippen LogP contribution in [0, 0.1) is 11.3 Å². The molecule has 2 aliphatic carbocycles. The van der Waals surface area contributed by atoms with Gasteiger partial charge in [-0.2, -0.15) is 0 Å². The van der Waals surface area contributed by atoms with Gasteiger partial charge in [0.25, 0.3) is 0 Å². The van der Waals surface area contributed by atoms with Crippen LogP contribution in [0.3, 0.4) is 0 Å². The highest BCUT2D eigenvalue weighted by Gasteiger charge is 2.56. The third-order valence-electron chi connectivity index (χ3n) is 3.16. The molecule has 1 atom stereocenters. The fourth-order valence-electron chi connectivity index (χ4n) is 2.38. The smallest absolute Gasteiger partial charge is 0.306 e. The maximum atomic E-state index is 13.1. The maximum Gasteiger partial charge on any atom is 0.306 e. The molecule has 1 spiro atoms. The van der Waals surface area contributed by atoms with Crippen molar-refractivity contribution in [1.29, 1.82) is 0 Å². The van der Waals surface area contributed by atoms with Gasteiger partial charge in [-0.1, -0.05) is 0 Å². The summed E-state index contributed by atoms with van der Waals surface area (Å²) in [6, 6.07) is 0. The standard InChI is InChI=1S/C9H12F2O2/c10-9(11)4-6(7(12)13)3-8(5-9)1-2-8/h6H,1-5H2,(H,12,13). The molecule has 4 heteroatoms. The first kappa shape index (κ1) is 8.91. The van der Waals surface area contributed by atoms with E-state index in [0.29, 0.717) is 6.42 Å². The number of hydrogen-bond acceptors (Lipinski definition) is 1. The van der Waals surface area contributed by atoms with Crippen LogP contribution in [0.15, 0.2) is 0 Å². The van der Waals surface area contributed by atoms with Gasteiger partial charge in [-0.3, -0.25) is 4.79 Å². The quantitative estimate of drug-likeness (QED) is 0.688. The Labute approximate surface area is 74.9 Å². The Morgan fingerprint density at radius 2 is 1.92 bits per heavy atom.